The zero-order valence-corrected chi connectivity index (χ0v) is 14.2. The van der Waals surface area contributed by atoms with E-state index >= 15 is 0 Å². The van der Waals surface area contributed by atoms with Gasteiger partial charge in [-0.15, -0.1) is 15.3 Å². The van der Waals surface area contributed by atoms with Gasteiger partial charge in [0.25, 0.3) is 0 Å². The van der Waals surface area contributed by atoms with Gasteiger partial charge in [0.1, 0.15) is 11.6 Å². The van der Waals surface area contributed by atoms with E-state index in [9.17, 15) is 9.18 Å². The third-order valence-electron chi connectivity index (χ3n) is 4.37. The van der Waals surface area contributed by atoms with Crippen molar-refractivity contribution in [2.45, 2.75) is 19.4 Å². The quantitative estimate of drug-likeness (QED) is 0.750. The first-order chi connectivity index (χ1) is 12.6. The van der Waals surface area contributed by atoms with Crippen LogP contribution in [0.3, 0.4) is 0 Å². The molecule has 1 aliphatic heterocycles. The van der Waals surface area contributed by atoms with E-state index in [-0.39, 0.29) is 11.7 Å². The van der Waals surface area contributed by atoms with Crippen LogP contribution in [0.15, 0.2) is 36.4 Å². The number of aromatic nitrogens is 4. The van der Waals surface area contributed by atoms with Gasteiger partial charge >= 0.3 is 6.03 Å². The third kappa shape index (κ3) is 3.15. The molecule has 3 aromatic rings. The van der Waals surface area contributed by atoms with Gasteiger partial charge in [-0.3, -0.25) is 0 Å². The fraction of sp³-hybridized carbons (Fsp3) is 0.294. The van der Waals surface area contributed by atoms with Crippen LogP contribution in [0.25, 0.3) is 5.65 Å². The molecule has 1 fully saturated rings. The summed E-state index contributed by atoms with van der Waals surface area (Å²) in [7, 11) is 0. The molecule has 4 rings (SSSR count). The lowest BCUT2D eigenvalue weighted by Gasteiger charge is -2.18. The molecule has 26 heavy (non-hydrogen) atoms. The van der Waals surface area contributed by atoms with Gasteiger partial charge in [0.05, 0.1) is 5.69 Å². The Kier molecular flexibility index (Phi) is 4.11. The van der Waals surface area contributed by atoms with Crippen molar-refractivity contribution in [1.29, 1.82) is 0 Å². The van der Waals surface area contributed by atoms with E-state index in [0.717, 1.165) is 24.6 Å². The molecule has 2 N–H and O–H groups in total. The number of anilines is 2. The molecule has 1 aliphatic rings. The first-order valence-corrected chi connectivity index (χ1v) is 8.36. The molecule has 8 nitrogen and oxygen atoms in total. The molecular formula is C17H18FN7O. The summed E-state index contributed by atoms with van der Waals surface area (Å²) >= 11 is 0. The van der Waals surface area contributed by atoms with Crippen molar-refractivity contribution in [3.05, 3.63) is 48.0 Å². The molecule has 1 unspecified atom stereocenters. The minimum atomic E-state index is -0.461. The van der Waals surface area contributed by atoms with E-state index < -0.39 is 11.8 Å². The van der Waals surface area contributed by atoms with Gasteiger partial charge in [-0.2, -0.15) is 4.52 Å². The molecule has 1 saturated heterocycles. The number of aryl methyl sites for hydroxylation is 1. The number of para-hydroxylation sites is 1. The fourth-order valence-electron chi connectivity index (χ4n) is 3.05. The minimum Gasteiger partial charge on any atom is -0.353 e. The smallest absolute Gasteiger partial charge is 0.319 e. The highest BCUT2D eigenvalue weighted by Crippen LogP contribution is 2.19. The summed E-state index contributed by atoms with van der Waals surface area (Å²) in [6, 6.07) is 9.39. The van der Waals surface area contributed by atoms with Crippen LogP contribution in [0, 0.1) is 12.7 Å². The highest BCUT2D eigenvalue weighted by molar-refractivity contribution is 5.89. The van der Waals surface area contributed by atoms with Crippen molar-refractivity contribution in [3.8, 4) is 0 Å². The average Bonchev–Trinajstić information content (AvgIpc) is 3.24. The Morgan fingerprint density at radius 3 is 2.92 bits per heavy atom. The van der Waals surface area contributed by atoms with Crippen molar-refractivity contribution in [2.24, 2.45) is 0 Å². The van der Waals surface area contributed by atoms with Crippen LogP contribution in [-0.2, 0) is 0 Å². The SMILES string of the molecule is Cc1nnc2ccc(N3CCC(NC(=O)Nc4ccccc4F)C3)nn12. The predicted octanol–water partition coefficient (Wildman–Crippen LogP) is 1.97. The monoisotopic (exact) mass is 355 g/mol. The van der Waals surface area contributed by atoms with E-state index in [4.69, 9.17) is 0 Å². The summed E-state index contributed by atoms with van der Waals surface area (Å²) in [5.74, 6) is 1.07. The van der Waals surface area contributed by atoms with Crippen molar-refractivity contribution >= 4 is 23.2 Å². The molecule has 0 saturated carbocycles. The Morgan fingerprint density at radius 1 is 1.23 bits per heavy atom. The molecule has 3 heterocycles. The Bertz CT molecular complexity index is 957. The van der Waals surface area contributed by atoms with E-state index in [0.29, 0.717) is 12.2 Å². The number of amides is 2. The number of hydrogen-bond donors (Lipinski definition) is 2. The van der Waals surface area contributed by atoms with Crippen LogP contribution in [0.5, 0.6) is 0 Å². The van der Waals surface area contributed by atoms with Gasteiger partial charge in [-0.05, 0) is 37.6 Å². The Morgan fingerprint density at radius 2 is 2.08 bits per heavy atom. The predicted molar refractivity (Wildman–Crippen MR) is 94.7 cm³/mol. The van der Waals surface area contributed by atoms with Crippen molar-refractivity contribution in [3.63, 3.8) is 0 Å². The molecule has 0 spiro atoms. The number of rotatable bonds is 3. The summed E-state index contributed by atoms with van der Waals surface area (Å²) in [5, 5.41) is 18.0. The topological polar surface area (TPSA) is 87.5 Å². The zero-order valence-electron chi connectivity index (χ0n) is 14.2. The van der Waals surface area contributed by atoms with Crippen molar-refractivity contribution in [2.75, 3.05) is 23.3 Å². The van der Waals surface area contributed by atoms with Crippen molar-refractivity contribution in [1.82, 2.24) is 25.1 Å². The summed E-state index contributed by atoms with van der Waals surface area (Å²) in [6.07, 6.45) is 0.783. The second-order valence-electron chi connectivity index (χ2n) is 6.22. The summed E-state index contributed by atoms with van der Waals surface area (Å²) < 4.78 is 15.3. The van der Waals surface area contributed by atoms with Crippen molar-refractivity contribution < 1.29 is 9.18 Å². The maximum absolute atomic E-state index is 13.6. The van der Waals surface area contributed by atoms with E-state index in [2.05, 4.69) is 30.8 Å². The molecule has 9 heteroatoms. The minimum absolute atomic E-state index is 0.0405. The van der Waals surface area contributed by atoms with E-state index in [1.165, 1.54) is 12.1 Å². The number of carbonyl (C=O) groups excluding carboxylic acids is 1. The lowest BCUT2D eigenvalue weighted by Crippen LogP contribution is -2.40. The molecular weight excluding hydrogens is 337 g/mol. The van der Waals surface area contributed by atoms with Gasteiger partial charge in [0.2, 0.25) is 0 Å². The molecule has 2 aromatic heterocycles. The van der Waals surface area contributed by atoms with Gasteiger partial charge in [0.15, 0.2) is 11.5 Å². The molecule has 0 bridgehead atoms. The first-order valence-electron chi connectivity index (χ1n) is 8.36. The number of nitrogens with zero attached hydrogens (tertiary/aromatic N) is 5. The maximum Gasteiger partial charge on any atom is 0.319 e. The highest BCUT2D eigenvalue weighted by atomic mass is 19.1. The van der Waals surface area contributed by atoms with Crippen LogP contribution >= 0.6 is 0 Å². The third-order valence-corrected chi connectivity index (χ3v) is 4.37. The van der Waals surface area contributed by atoms with Gasteiger partial charge in [-0.1, -0.05) is 12.1 Å². The molecule has 0 radical (unpaired) electrons. The first kappa shape index (κ1) is 16.2. The van der Waals surface area contributed by atoms with Gasteiger partial charge in [0, 0.05) is 19.1 Å². The summed E-state index contributed by atoms with van der Waals surface area (Å²) in [5.41, 5.74) is 0.861. The Balaban J connectivity index is 1.39. The summed E-state index contributed by atoms with van der Waals surface area (Å²) in [6.45, 7) is 3.24. The molecule has 1 aromatic carbocycles. The van der Waals surface area contributed by atoms with Gasteiger partial charge < -0.3 is 15.5 Å². The van der Waals surface area contributed by atoms with Crippen LogP contribution in [0.2, 0.25) is 0 Å². The van der Waals surface area contributed by atoms with E-state index in [1.54, 1.807) is 16.6 Å². The van der Waals surface area contributed by atoms with Crippen LogP contribution in [-0.4, -0.2) is 45.0 Å². The lowest BCUT2D eigenvalue weighted by molar-refractivity contribution is 0.249. The number of halogens is 1. The molecule has 1 atom stereocenters. The average molecular weight is 355 g/mol. The second kappa shape index (κ2) is 6.58. The van der Waals surface area contributed by atoms with Crippen LogP contribution in [0.4, 0.5) is 20.7 Å². The molecule has 0 aliphatic carbocycles. The fourth-order valence-corrected chi connectivity index (χ4v) is 3.05. The lowest BCUT2D eigenvalue weighted by atomic mass is 10.2. The number of nitrogens with one attached hydrogen (secondary N) is 2. The van der Waals surface area contributed by atoms with Gasteiger partial charge in [-0.25, -0.2) is 9.18 Å². The number of fused-ring (bicyclic) bond motifs is 1. The Hall–Kier alpha value is -3.23. The summed E-state index contributed by atoms with van der Waals surface area (Å²) in [4.78, 5) is 14.2. The van der Waals surface area contributed by atoms with Crippen LogP contribution < -0.4 is 15.5 Å². The number of benzene rings is 1. The molecule has 2 amide bonds. The van der Waals surface area contributed by atoms with Crippen LogP contribution in [0.1, 0.15) is 12.2 Å². The Labute approximate surface area is 149 Å². The highest BCUT2D eigenvalue weighted by Gasteiger charge is 2.25. The normalized spacial score (nSPS) is 16.8. The van der Waals surface area contributed by atoms with E-state index in [1.807, 2.05) is 19.1 Å². The maximum atomic E-state index is 13.6. The largest absolute Gasteiger partial charge is 0.353 e. The number of hydrogen-bond acceptors (Lipinski definition) is 5. The standard InChI is InChI=1S/C17H18FN7O/c1-11-21-22-15-6-7-16(23-25(11)15)24-9-8-12(10-24)19-17(26)20-14-5-3-2-4-13(14)18/h2-7,12H,8-10H2,1H3,(H2,19,20,26). The molecule has 134 valence electrons. The number of carbonyl (C=O) groups is 1. The number of urea groups is 1. The zero-order chi connectivity index (χ0) is 18.1. The second-order valence-corrected chi connectivity index (χ2v) is 6.22.